The van der Waals surface area contributed by atoms with Crippen LogP contribution in [0.25, 0.3) is 0 Å². The molecule has 102 valence electrons. The molecule has 1 atom stereocenters. The van der Waals surface area contributed by atoms with Gasteiger partial charge in [0.2, 0.25) is 0 Å². The molecule has 18 heavy (non-hydrogen) atoms. The third-order valence-electron chi connectivity index (χ3n) is 2.98. The Hall–Kier alpha value is -0.610. The Morgan fingerprint density at radius 1 is 1.33 bits per heavy atom. The minimum Gasteiger partial charge on any atom is -0.365 e. The van der Waals surface area contributed by atoms with E-state index in [4.69, 9.17) is 0 Å². The van der Waals surface area contributed by atoms with Crippen molar-refractivity contribution in [2.45, 2.75) is 25.2 Å². The molecule has 1 aromatic carbocycles. The molecule has 0 spiro atoms. The van der Waals surface area contributed by atoms with Crippen LogP contribution < -0.4 is 4.90 Å². The van der Waals surface area contributed by atoms with Crippen LogP contribution in [-0.4, -0.2) is 38.1 Å². The van der Waals surface area contributed by atoms with Crippen LogP contribution in [0, 0.1) is 5.82 Å². The lowest BCUT2D eigenvalue weighted by Gasteiger charge is -2.32. The summed E-state index contributed by atoms with van der Waals surface area (Å²) in [5, 5.41) is 0.684. The molecule has 0 aromatic heterocycles. The maximum Gasteiger partial charge on any atom is 0.146 e. The van der Waals surface area contributed by atoms with Crippen LogP contribution >= 0.6 is 15.9 Å². The van der Waals surface area contributed by atoms with Gasteiger partial charge in [0.1, 0.15) is 5.82 Å². The van der Waals surface area contributed by atoms with Gasteiger partial charge in [-0.3, -0.25) is 0 Å². The van der Waals surface area contributed by atoms with Crippen LogP contribution in [0.2, 0.25) is 0 Å². The summed E-state index contributed by atoms with van der Waals surface area (Å²) in [7, 11) is 4.07. The normalized spacial score (nSPS) is 12.8. The monoisotopic (exact) mass is 316 g/mol. The highest BCUT2D eigenvalue weighted by atomic mass is 79.9. The fraction of sp³-hybridized carbons (Fsp3) is 0.571. The third kappa shape index (κ3) is 3.95. The van der Waals surface area contributed by atoms with Crippen LogP contribution in [0.1, 0.15) is 19.4 Å². The van der Waals surface area contributed by atoms with Gasteiger partial charge in [-0.25, -0.2) is 4.39 Å². The lowest BCUT2D eigenvalue weighted by atomic mass is 10.1. The smallest absolute Gasteiger partial charge is 0.146 e. The first-order valence-electron chi connectivity index (χ1n) is 6.25. The lowest BCUT2D eigenvalue weighted by molar-refractivity contribution is 0.371. The van der Waals surface area contributed by atoms with Crippen molar-refractivity contribution in [3.8, 4) is 0 Å². The van der Waals surface area contributed by atoms with Gasteiger partial charge in [-0.1, -0.05) is 22.0 Å². The SMILES string of the molecule is CCN(c1ccc(CBr)cc1F)C(C)CN(C)C. The molecule has 0 fully saturated rings. The van der Waals surface area contributed by atoms with Gasteiger partial charge in [-0.15, -0.1) is 0 Å². The number of alkyl halides is 1. The largest absolute Gasteiger partial charge is 0.365 e. The molecular formula is C14H22BrFN2. The molecule has 0 bridgehead atoms. The van der Waals surface area contributed by atoms with Crippen molar-refractivity contribution in [2.75, 3.05) is 32.1 Å². The van der Waals surface area contributed by atoms with Crippen molar-refractivity contribution in [1.82, 2.24) is 4.90 Å². The minimum absolute atomic E-state index is 0.139. The van der Waals surface area contributed by atoms with Crippen molar-refractivity contribution < 1.29 is 4.39 Å². The zero-order chi connectivity index (χ0) is 13.7. The quantitative estimate of drug-likeness (QED) is 0.741. The van der Waals surface area contributed by atoms with Gasteiger partial charge in [0.15, 0.2) is 0 Å². The van der Waals surface area contributed by atoms with E-state index in [1.54, 1.807) is 6.07 Å². The van der Waals surface area contributed by atoms with Crippen molar-refractivity contribution in [1.29, 1.82) is 0 Å². The second-order valence-electron chi connectivity index (χ2n) is 4.82. The molecule has 0 saturated heterocycles. The number of nitrogens with zero attached hydrogens (tertiary/aromatic N) is 2. The van der Waals surface area contributed by atoms with Gasteiger partial charge in [0.25, 0.3) is 0 Å². The molecule has 0 aliphatic rings. The van der Waals surface area contributed by atoms with E-state index in [2.05, 4.69) is 39.6 Å². The van der Waals surface area contributed by atoms with Crippen LogP contribution in [0.15, 0.2) is 18.2 Å². The Labute approximate surface area is 118 Å². The van der Waals surface area contributed by atoms with Crippen molar-refractivity contribution in [2.24, 2.45) is 0 Å². The molecule has 0 amide bonds. The first-order chi connectivity index (χ1) is 8.49. The van der Waals surface area contributed by atoms with Crippen LogP contribution in [-0.2, 0) is 5.33 Å². The molecule has 1 unspecified atom stereocenters. The summed E-state index contributed by atoms with van der Waals surface area (Å²) in [5.74, 6) is -0.139. The number of benzene rings is 1. The number of halogens is 2. The highest BCUT2D eigenvalue weighted by molar-refractivity contribution is 9.08. The zero-order valence-electron chi connectivity index (χ0n) is 11.6. The van der Waals surface area contributed by atoms with Crippen LogP contribution in [0.3, 0.4) is 0 Å². The van der Waals surface area contributed by atoms with Gasteiger partial charge < -0.3 is 9.80 Å². The van der Waals surface area contributed by atoms with E-state index < -0.39 is 0 Å². The zero-order valence-corrected chi connectivity index (χ0v) is 13.2. The maximum absolute atomic E-state index is 14.1. The molecule has 0 heterocycles. The average molecular weight is 317 g/mol. The third-order valence-corrected chi connectivity index (χ3v) is 3.63. The second kappa shape index (κ2) is 7.10. The molecule has 1 aromatic rings. The Balaban J connectivity index is 2.94. The Bertz CT molecular complexity index is 382. The summed E-state index contributed by atoms with van der Waals surface area (Å²) in [5.41, 5.74) is 1.66. The fourth-order valence-electron chi connectivity index (χ4n) is 2.21. The Morgan fingerprint density at radius 3 is 2.44 bits per heavy atom. The molecule has 0 aliphatic carbocycles. The van der Waals surface area contributed by atoms with Gasteiger partial charge in [-0.2, -0.15) is 0 Å². The van der Waals surface area contributed by atoms with Crippen LogP contribution in [0.4, 0.5) is 10.1 Å². The summed E-state index contributed by atoms with van der Waals surface area (Å²) < 4.78 is 14.1. The highest BCUT2D eigenvalue weighted by Crippen LogP contribution is 2.23. The number of likely N-dealkylation sites (N-methyl/N-ethyl adjacent to an activating group) is 2. The van der Waals surface area contributed by atoms with Gasteiger partial charge in [-0.05, 0) is 45.6 Å². The van der Waals surface area contributed by atoms with E-state index in [1.807, 2.05) is 26.2 Å². The van der Waals surface area contributed by atoms with Crippen molar-refractivity contribution in [3.63, 3.8) is 0 Å². The van der Waals surface area contributed by atoms with E-state index in [9.17, 15) is 4.39 Å². The van der Waals surface area contributed by atoms with E-state index in [0.717, 1.165) is 18.7 Å². The van der Waals surface area contributed by atoms with E-state index in [0.29, 0.717) is 11.0 Å². The fourth-order valence-corrected chi connectivity index (χ4v) is 2.56. The van der Waals surface area contributed by atoms with E-state index in [-0.39, 0.29) is 11.9 Å². The summed E-state index contributed by atoms with van der Waals surface area (Å²) in [6, 6.07) is 5.74. The number of hydrogen-bond donors (Lipinski definition) is 0. The number of hydrogen-bond acceptors (Lipinski definition) is 2. The number of anilines is 1. The predicted molar refractivity (Wildman–Crippen MR) is 80.1 cm³/mol. The van der Waals surface area contributed by atoms with E-state index in [1.165, 1.54) is 0 Å². The highest BCUT2D eigenvalue weighted by Gasteiger charge is 2.17. The molecule has 0 N–H and O–H groups in total. The Kier molecular flexibility index (Phi) is 6.09. The van der Waals surface area contributed by atoms with Crippen molar-refractivity contribution in [3.05, 3.63) is 29.6 Å². The first-order valence-corrected chi connectivity index (χ1v) is 7.37. The summed E-state index contributed by atoms with van der Waals surface area (Å²) in [6.07, 6.45) is 0. The maximum atomic E-state index is 14.1. The molecule has 0 saturated carbocycles. The molecule has 1 rings (SSSR count). The second-order valence-corrected chi connectivity index (χ2v) is 5.38. The van der Waals surface area contributed by atoms with Gasteiger partial charge in [0, 0.05) is 24.5 Å². The summed E-state index contributed by atoms with van der Waals surface area (Å²) in [6.45, 7) is 5.90. The van der Waals surface area contributed by atoms with Gasteiger partial charge in [0.05, 0.1) is 5.69 Å². The predicted octanol–water partition coefficient (Wildman–Crippen LogP) is 3.50. The summed E-state index contributed by atoms with van der Waals surface area (Å²) >= 11 is 3.35. The molecule has 0 aliphatic heterocycles. The van der Waals surface area contributed by atoms with E-state index >= 15 is 0 Å². The molecule has 0 radical (unpaired) electrons. The topological polar surface area (TPSA) is 6.48 Å². The minimum atomic E-state index is -0.139. The number of rotatable bonds is 6. The Morgan fingerprint density at radius 2 is 2.00 bits per heavy atom. The summed E-state index contributed by atoms with van der Waals surface area (Å²) in [4.78, 5) is 4.23. The van der Waals surface area contributed by atoms with Crippen molar-refractivity contribution >= 4 is 21.6 Å². The molecular weight excluding hydrogens is 295 g/mol. The molecule has 2 nitrogen and oxygen atoms in total. The average Bonchev–Trinajstić information content (AvgIpc) is 2.31. The standard InChI is InChI=1S/C14H22BrFN2/c1-5-18(11(2)10-17(3)4)14-7-6-12(9-15)8-13(14)16/h6-8,11H,5,9-10H2,1-4H3. The van der Waals surface area contributed by atoms with Crippen LogP contribution in [0.5, 0.6) is 0 Å². The lowest BCUT2D eigenvalue weighted by Crippen LogP contribution is -2.40. The first kappa shape index (κ1) is 15.4. The molecule has 4 heteroatoms. The van der Waals surface area contributed by atoms with Gasteiger partial charge >= 0.3 is 0 Å².